The average Bonchev–Trinajstić information content (AvgIpc) is 3.04. The van der Waals surface area contributed by atoms with Crippen molar-refractivity contribution in [2.75, 3.05) is 13.6 Å². The molecule has 1 heterocycles. The first kappa shape index (κ1) is 20.2. The zero-order chi connectivity index (χ0) is 17.5. The van der Waals surface area contributed by atoms with Crippen LogP contribution < -0.4 is 10.6 Å². The first-order valence-corrected chi connectivity index (χ1v) is 8.35. The van der Waals surface area contributed by atoms with Gasteiger partial charge in [-0.1, -0.05) is 24.3 Å². The summed E-state index contributed by atoms with van der Waals surface area (Å²) in [6.45, 7) is 2.20. The first-order chi connectivity index (χ1) is 12.3. The Morgan fingerprint density at radius 1 is 1.15 bits per heavy atom. The Hall–Kier alpha value is -2.16. The molecule has 5 nitrogen and oxygen atoms in total. The van der Waals surface area contributed by atoms with Crippen molar-refractivity contribution in [1.82, 2.24) is 20.2 Å². The summed E-state index contributed by atoms with van der Waals surface area (Å²) < 4.78 is 15.3. The van der Waals surface area contributed by atoms with Gasteiger partial charge in [0, 0.05) is 26.7 Å². The molecule has 26 heavy (non-hydrogen) atoms. The molecule has 0 aliphatic heterocycles. The molecule has 3 rings (SSSR count). The predicted molar refractivity (Wildman–Crippen MR) is 114 cm³/mol. The lowest BCUT2D eigenvalue weighted by Crippen LogP contribution is -2.37. The highest BCUT2D eigenvalue weighted by Gasteiger charge is 2.02. The molecule has 0 radical (unpaired) electrons. The number of hydrogen-bond acceptors (Lipinski definition) is 2. The molecule has 0 amide bonds. The van der Waals surface area contributed by atoms with E-state index in [0.717, 1.165) is 36.1 Å². The van der Waals surface area contributed by atoms with E-state index in [9.17, 15) is 4.39 Å². The quantitative estimate of drug-likeness (QED) is 0.253. The summed E-state index contributed by atoms with van der Waals surface area (Å²) in [5.41, 5.74) is 3.05. The minimum atomic E-state index is -0.227. The molecule has 2 aromatic carbocycles. The van der Waals surface area contributed by atoms with Crippen LogP contribution in [0.1, 0.15) is 12.0 Å². The lowest BCUT2D eigenvalue weighted by molar-refractivity contribution is 0.623. The van der Waals surface area contributed by atoms with Crippen molar-refractivity contribution in [3.63, 3.8) is 0 Å². The van der Waals surface area contributed by atoms with Gasteiger partial charge in [-0.15, -0.1) is 24.0 Å². The lowest BCUT2D eigenvalue weighted by atomic mass is 10.2. The van der Waals surface area contributed by atoms with Crippen LogP contribution in [0, 0.1) is 5.82 Å². The van der Waals surface area contributed by atoms with E-state index in [2.05, 4.69) is 31.2 Å². The highest BCUT2D eigenvalue weighted by molar-refractivity contribution is 14.0. The number of halogens is 2. The summed E-state index contributed by atoms with van der Waals surface area (Å²) in [6, 6.07) is 14.7. The number of rotatable bonds is 6. The van der Waals surface area contributed by atoms with Crippen LogP contribution in [0.2, 0.25) is 0 Å². The van der Waals surface area contributed by atoms with Gasteiger partial charge in [0.15, 0.2) is 5.96 Å². The molecule has 0 aliphatic rings. The largest absolute Gasteiger partial charge is 0.356 e. The molecule has 0 spiro atoms. The van der Waals surface area contributed by atoms with Crippen LogP contribution in [0.4, 0.5) is 4.39 Å². The third-order valence-electron chi connectivity index (χ3n) is 3.97. The predicted octanol–water partition coefficient (Wildman–Crippen LogP) is 3.55. The van der Waals surface area contributed by atoms with Crippen LogP contribution in [-0.4, -0.2) is 29.1 Å². The van der Waals surface area contributed by atoms with Crippen molar-refractivity contribution in [3.8, 4) is 0 Å². The molecular formula is C19H23FIN5. The van der Waals surface area contributed by atoms with Crippen molar-refractivity contribution in [1.29, 1.82) is 0 Å². The van der Waals surface area contributed by atoms with Crippen LogP contribution in [0.25, 0.3) is 11.0 Å². The zero-order valence-electron chi connectivity index (χ0n) is 14.7. The fraction of sp³-hybridized carbons (Fsp3) is 0.263. The molecule has 0 aliphatic carbocycles. The second-order valence-electron chi connectivity index (χ2n) is 5.76. The summed E-state index contributed by atoms with van der Waals surface area (Å²) in [5.74, 6) is 0.481. The molecule has 2 N–H and O–H groups in total. The van der Waals surface area contributed by atoms with Gasteiger partial charge in [-0.25, -0.2) is 9.37 Å². The van der Waals surface area contributed by atoms with E-state index >= 15 is 0 Å². The van der Waals surface area contributed by atoms with Gasteiger partial charge in [-0.2, -0.15) is 0 Å². The summed E-state index contributed by atoms with van der Waals surface area (Å²) >= 11 is 0. The number of hydrogen-bond donors (Lipinski definition) is 2. The first-order valence-electron chi connectivity index (χ1n) is 8.35. The maximum atomic E-state index is 13.2. The number of aryl methyl sites for hydroxylation is 1. The van der Waals surface area contributed by atoms with Crippen LogP contribution in [0.15, 0.2) is 59.9 Å². The molecule has 0 atom stereocenters. The van der Waals surface area contributed by atoms with Gasteiger partial charge in [0.2, 0.25) is 0 Å². The van der Waals surface area contributed by atoms with E-state index in [1.165, 1.54) is 12.1 Å². The van der Waals surface area contributed by atoms with Gasteiger partial charge in [0.25, 0.3) is 0 Å². The Morgan fingerprint density at radius 2 is 2.00 bits per heavy atom. The maximum Gasteiger partial charge on any atom is 0.191 e. The van der Waals surface area contributed by atoms with Gasteiger partial charge in [-0.05, 0) is 36.2 Å². The highest BCUT2D eigenvalue weighted by atomic mass is 127. The molecule has 0 saturated carbocycles. The number of imidazole rings is 1. The summed E-state index contributed by atoms with van der Waals surface area (Å²) in [7, 11) is 1.73. The highest BCUT2D eigenvalue weighted by Crippen LogP contribution is 2.11. The molecule has 1 aromatic heterocycles. The summed E-state index contributed by atoms with van der Waals surface area (Å²) in [4.78, 5) is 8.59. The molecule has 3 aromatic rings. The van der Waals surface area contributed by atoms with Crippen molar-refractivity contribution >= 4 is 41.0 Å². The normalized spacial score (nSPS) is 11.2. The van der Waals surface area contributed by atoms with Gasteiger partial charge in [-0.3, -0.25) is 4.99 Å². The fourth-order valence-electron chi connectivity index (χ4n) is 2.70. The number of benzene rings is 2. The van der Waals surface area contributed by atoms with Gasteiger partial charge >= 0.3 is 0 Å². The summed E-state index contributed by atoms with van der Waals surface area (Å²) in [6.07, 6.45) is 2.82. The Kier molecular flexibility index (Phi) is 7.83. The molecule has 138 valence electrons. The van der Waals surface area contributed by atoms with E-state index in [1.807, 2.05) is 30.6 Å². The van der Waals surface area contributed by atoms with Crippen molar-refractivity contribution < 1.29 is 4.39 Å². The monoisotopic (exact) mass is 467 g/mol. The van der Waals surface area contributed by atoms with E-state index in [-0.39, 0.29) is 29.8 Å². The second kappa shape index (κ2) is 10.1. The van der Waals surface area contributed by atoms with E-state index in [4.69, 9.17) is 0 Å². The average molecular weight is 467 g/mol. The van der Waals surface area contributed by atoms with Crippen molar-refractivity contribution in [3.05, 3.63) is 66.2 Å². The van der Waals surface area contributed by atoms with E-state index in [1.54, 1.807) is 13.1 Å². The van der Waals surface area contributed by atoms with Crippen LogP contribution >= 0.6 is 24.0 Å². The summed E-state index contributed by atoms with van der Waals surface area (Å²) in [5, 5.41) is 6.47. The second-order valence-corrected chi connectivity index (χ2v) is 5.76. The Morgan fingerprint density at radius 3 is 2.81 bits per heavy atom. The SMILES string of the molecule is CN=C(NCCCn1cnc2ccccc21)NCc1cccc(F)c1.I. The molecule has 0 saturated heterocycles. The zero-order valence-corrected chi connectivity index (χ0v) is 17.0. The van der Waals surface area contributed by atoms with Crippen molar-refractivity contribution in [2.45, 2.75) is 19.5 Å². The van der Waals surface area contributed by atoms with E-state index < -0.39 is 0 Å². The third kappa shape index (κ3) is 5.42. The maximum absolute atomic E-state index is 13.2. The number of nitrogens with zero attached hydrogens (tertiary/aromatic N) is 3. The number of aliphatic imine (C=N–C) groups is 1. The molecular weight excluding hydrogens is 444 g/mol. The number of aromatic nitrogens is 2. The van der Waals surface area contributed by atoms with Crippen LogP contribution in [0.3, 0.4) is 0 Å². The Labute approximate surface area is 169 Å². The molecule has 0 bridgehead atoms. The Balaban J connectivity index is 0.00000243. The number of nitrogens with one attached hydrogen (secondary N) is 2. The van der Waals surface area contributed by atoms with Crippen LogP contribution in [0.5, 0.6) is 0 Å². The van der Waals surface area contributed by atoms with Crippen LogP contribution in [-0.2, 0) is 13.1 Å². The van der Waals surface area contributed by atoms with Gasteiger partial charge < -0.3 is 15.2 Å². The van der Waals surface area contributed by atoms with Gasteiger partial charge in [0.05, 0.1) is 17.4 Å². The molecule has 0 unspecified atom stereocenters. The molecule has 0 fully saturated rings. The molecule has 7 heteroatoms. The Bertz CT molecular complexity index is 862. The topological polar surface area (TPSA) is 54.2 Å². The van der Waals surface area contributed by atoms with Crippen molar-refractivity contribution in [2.24, 2.45) is 4.99 Å². The fourth-order valence-corrected chi connectivity index (χ4v) is 2.70. The minimum Gasteiger partial charge on any atom is -0.356 e. The number of fused-ring (bicyclic) bond motifs is 1. The standard InChI is InChI=1S/C19H22FN5.HI/c1-21-19(23-13-15-6-4-7-16(20)12-15)22-10-5-11-25-14-24-17-8-2-3-9-18(17)25;/h2-4,6-9,12,14H,5,10-11,13H2,1H3,(H2,21,22,23);1H. The lowest BCUT2D eigenvalue weighted by Gasteiger charge is -2.12. The smallest absolute Gasteiger partial charge is 0.191 e. The van der Waals surface area contributed by atoms with Gasteiger partial charge in [0.1, 0.15) is 5.82 Å². The number of para-hydroxylation sites is 2. The minimum absolute atomic E-state index is 0. The number of guanidine groups is 1. The van der Waals surface area contributed by atoms with E-state index in [0.29, 0.717) is 12.5 Å². The third-order valence-corrected chi connectivity index (χ3v) is 3.97.